The molecular weight excluding hydrogens is 516 g/mol. The highest BCUT2D eigenvalue weighted by Gasteiger charge is 2.13. The van der Waals surface area contributed by atoms with Crippen molar-refractivity contribution in [3.63, 3.8) is 0 Å². The van der Waals surface area contributed by atoms with Crippen LogP contribution in [0.15, 0.2) is 71.9 Å². The van der Waals surface area contributed by atoms with Crippen molar-refractivity contribution in [2.24, 2.45) is 5.73 Å². The Bertz CT molecular complexity index is 1490. The van der Waals surface area contributed by atoms with Gasteiger partial charge in [-0.25, -0.2) is 13.6 Å². The highest BCUT2D eigenvalue weighted by Crippen LogP contribution is 2.20. The lowest BCUT2D eigenvalue weighted by atomic mass is 10.1. The van der Waals surface area contributed by atoms with Crippen molar-refractivity contribution in [3.8, 4) is 11.1 Å². The number of nitrogens with two attached hydrogens (primary N) is 1. The molecule has 0 aliphatic rings. The molecule has 4 aromatic rings. The molecule has 0 bridgehead atoms. The average Bonchev–Trinajstić information content (AvgIpc) is 2.94. The van der Waals surface area contributed by atoms with Crippen LogP contribution in [0.25, 0.3) is 11.1 Å². The molecule has 40 heavy (non-hydrogen) atoms. The normalized spacial score (nSPS) is 11.0. The number of aromatic nitrogens is 3. The number of aromatic amines is 1. The molecule has 2 heterocycles. The molecule has 2 amide bonds. The number of nitrogens with one attached hydrogen (secondary N) is 3. The van der Waals surface area contributed by atoms with Crippen molar-refractivity contribution in [3.05, 3.63) is 106 Å². The fourth-order valence-corrected chi connectivity index (χ4v) is 4.15. The van der Waals surface area contributed by atoms with Gasteiger partial charge in [-0.15, -0.1) is 0 Å². The number of anilines is 2. The highest BCUT2D eigenvalue weighted by atomic mass is 19.1. The molecule has 4 rings (SSSR count). The Morgan fingerprint density at radius 3 is 2.45 bits per heavy atom. The summed E-state index contributed by atoms with van der Waals surface area (Å²) in [5.74, 6) is -1.76. The van der Waals surface area contributed by atoms with Crippen molar-refractivity contribution in [2.45, 2.75) is 26.3 Å². The van der Waals surface area contributed by atoms with Crippen molar-refractivity contribution in [1.82, 2.24) is 19.9 Å². The molecule has 9 nitrogen and oxygen atoms in total. The van der Waals surface area contributed by atoms with Crippen molar-refractivity contribution >= 4 is 17.7 Å². The van der Waals surface area contributed by atoms with Gasteiger partial charge in [0.25, 0.3) is 5.56 Å². The maximum absolute atomic E-state index is 13.9. The number of nitrogens with zero attached hydrogens (tertiary/aromatic N) is 3. The van der Waals surface area contributed by atoms with Crippen molar-refractivity contribution in [2.75, 3.05) is 30.3 Å². The van der Waals surface area contributed by atoms with Crippen LogP contribution in [0.3, 0.4) is 0 Å². The molecule has 0 radical (unpaired) electrons. The zero-order chi connectivity index (χ0) is 28.5. The van der Waals surface area contributed by atoms with E-state index in [0.29, 0.717) is 23.7 Å². The second kappa shape index (κ2) is 13.5. The summed E-state index contributed by atoms with van der Waals surface area (Å²) in [5.41, 5.74) is 8.48. The van der Waals surface area contributed by atoms with Gasteiger partial charge in [0.2, 0.25) is 5.95 Å². The zero-order valence-electron chi connectivity index (χ0n) is 22.1. The quantitative estimate of drug-likeness (QED) is 0.220. The first-order chi connectivity index (χ1) is 19.3. The van der Waals surface area contributed by atoms with Gasteiger partial charge >= 0.3 is 6.03 Å². The minimum Gasteiger partial charge on any atom is -0.331 e. The SMILES string of the molecule is Cc1cc(NC(=O)Nc2nc(=O)c(-c3ccc(CN(CCCN)CCc4ccncc4)cc3)c[nH]2)c(F)cc1F. The summed E-state index contributed by atoms with van der Waals surface area (Å²) >= 11 is 0. The van der Waals surface area contributed by atoms with Crippen LogP contribution in [0, 0.1) is 18.6 Å². The van der Waals surface area contributed by atoms with E-state index >= 15 is 0 Å². The smallest absolute Gasteiger partial charge is 0.326 e. The number of rotatable bonds is 11. The van der Waals surface area contributed by atoms with Crippen LogP contribution in [-0.4, -0.2) is 45.5 Å². The molecule has 2 aromatic heterocycles. The molecular formula is C29H31F2N7O2. The van der Waals surface area contributed by atoms with Crippen LogP contribution in [0.4, 0.5) is 25.2 Å². The second-order valence-electron chi connectivity index (χ2n) is 9.35. The van der Waals surface area contributed by atoms with Gasteiger partial charge in [0, 0.05) is 37.7 Å². The summed E-state index contributed by atoms with van der Waals surface area (Å²) in [5, 5.41) is 4.62. The minimum absolute atomic E-state index is 0.119. The second-order valence-corrected chi connectivity index (χ2v) is 9.35. The molecule has 0 unspecified atom stereocenters. The predicted octanol–water partition coefficient (Wildman–Crippen LogP) is 4.46. The molecule has 208 valence electrons. The number of hydrogen-bond donors (Lipinski definition) is 4. The molecule has 0 fully saturated rings. The first-order valence-corrected chi connectivity index (χ1v) is 12.9. The number of carbonyl (C=O) groups excluding carboxylic acids is 1. The van der Waals surface area contributed by atoms with Gasteiger partial charge < -0.3 is 16.0 Å². The third kappa shape index (κ3) is 7.78. The van der Waals surface area contributed by atoms with Crippen molar-refractivity contribution in [1.29, 1.82) is 0 Å². The summed E-state index contributed by atoms with van der Waals surface area (Å²) in [7, 11) is 0. The van der Waals surface area contributed by atoms with Gasteiger partial charge in [0.1, 0.15) is 11.6 Å². The molecule has 0 saturated heterocycles. The van der Waals surface area contributed by atoms with Crippen LogP contribution >= 0.6 is 0 Å². The molecule has 0 aliphatic heterocycles. The lowest BCUT2D eigenvalue weighted by Gasteiger charge is -2.22. The molecule has 0 saturated carbocycles. The molecule has 11 heteroatoms. The number of urea groups is 1. The van der Waals surface area contributed by atoms with Crippen molar-refractivity contribution < 1.29 is 13.6 Å². The number of benzene rings is 2. The van der Waals surface area contributed by atoms with Crippen LogP contribution in [-0.2, 0) is 13.0 Å². The monoisotopic (exact) mass is 547 g/mol. The maximum atomic E-state index is 13.9. The highest BCUT2D eigenvalue weighted by molar-refractivity contribution is 5.98. The number of amides is 2. The van der Waals surface area contributed by atoms with Crippen LogP contribution < -0.4 is 21.9 Å². The number of pyridine rings is 1. The zero-order valence-corrected chi connectivity index (χ0v) is 22.1. The van der Waals surface area contributed by atoms with Crippen LogP contribution in [0.2, 0.25) is 0 Å². The molecule has 0 atom stereocenters. The fourth-order valence-electron chi connectivity index (χ4n) is 4.15. The van der Waals surface area contributed by atoms with E-state index in [1.807, 2.05) is 36.4 Å². The molecule has 0 aliphatic carbocycles. The van der Waals surface area contributed by atoms with E-state index < -0.39 is 23.2 Å². The Labute approximate surface area is 230 Å². The number of halogens is 2. The first kappa shape index (κ1) is 28.5. The number of hydrogen-bond acceptors (Lipinski definition) is 6. The van der Waals surface area contributed by atoms with Gasteiger partial charge in [0.05, 0.1) is 11.3 Å². The van der Waals surface area contributed by atoms with Crippen LogP contribution in [0.1, 0.15) is 23.1 Å². The van der Waals surface area contributed by atoms with E-state index in [9.17, 15) is 18.4 Å². The number of H-pyrrole nitrogens is 1. The summed E-state index contributed by atoms with van der Waals surface area (Å²) in [6.45, 7) is 4.57. The molecule has 2 aromatic carbocycles. The first-order valence-electron chi connectivity index (χ1n) is 12.9. The van der Waals surface area contributed by atoms with Gasteiger partial charge in [-0.05, 0) is 73.3 Å². The summed E-state index contributed by atoms with van der Waals surface area (Å²) < 4.78 is 27.4. The predicted molar refractivity (Wildman–Crippen MR) is 151 cm³/mol. The Hall–Kier alpha value is -4.48. The maximum Gasteiger partial charge on any atom is 0.326 e. The van der Waals surface area contributed by atoms with Gasteiger partial charge in [-0.1, -0.05) is 24.3 Å². The van der Waals surface area contributed by atoms with E-state index in [1.165, 1.54) is 24.8 Å². The number of carbonyl (C=O) groups is 1. The van der Waals surface area contributed by atoms with E-state index in [1.54, 1.807) is 12.4 Å². The Kier molecular flexibility index (Phi) is 9.66. The topological polar surface area (TPSA) is 129 Å². The fraction of sp³-hybridized carbons (Fsp3) is 0.241. The standard InChI is InChI=1S/C29H31F2N7O2/c1-19-15-26(25(31)16-24(19)30)35-29(40)37-28-34-17-23(27(39)36-28)22-5-3-21(4-6-22)18-38(13-2-10-32)14-9-20-7-11-33-12-8-20/h3-8,11-12,15-17H,2,9-10,13-14,18,32H2,1H3,(H3,34,35,36,37,39,40). The van der Waals surface area contributed by atoms with E-state index in [4.69, 9.17) is 5.73 Å². The van der Waals surface area contributed by atoms with E-state index in [2.05, 4.69) is 30.5 Å². The van der Waals surface area contributed by atoms with Crippen LogP contribution in [0.5, 0.6) is 0 Å². The third-order valence-corrected chi connectivity index (χ3v) is 6.34. The summed E-state index contributed by atoms with van der Waals surface area (Å²) in [4.78, 5) is 38.0. The molecule has 5 N–H and O–H groups in total. The summed E-state index contributed by atoms with van der Waals surface area (Å²) in [6.07, 6.45) is 6.84. The van der Waals surface area contributed by atoms with Gasteiger partial charge in [-0.2, -0.15) is 4.98 Å². The van der Waals surface area contributed by atoms with E-state index in [-0.39, 0.29) is 17.2 Å². The lowest BCUT2D eigenvalue weighted by Crippen LogP contribution is -2.28. The largest absolute Gasteiger partial charge is 0.331 e. The minimum atomic E-state index is -0.922. The Balaban J connectivity index is 1.38. The lowest BCUT2D eigenvalue weighted by molar-refractivity contribution is 0.262. The van der Waals surface area contributed by atoms with E-state index in [0.717, 1.165) is 38.0 Å². The van der Waals surface area contributed by atoms with Gasteiger partial charge in [0.15, 0.2) is 0 Å². The number of aryl methyl sites for hydroxylation is 1. The Morgan fingerprint density at radius 1 is 1.00 bits per heavy atom. The third-order valence-electron chi connectivity index (χ3n) is 6.34. The Morgan fingerprint density at radius 2 is 1.75 bits per heavy atom. The van der Waals surface area contributed by atoms with Gasteiger partial charge in [-0.3, -0.25) is 20.0 Å². The summed E-state index contributed by atoms with van der Waals surface area (Å²) in [6, 6.07) is 12.7. The molecule has 0 spiro atoms. The average molecular weight is 548 g/mol.